The predicted molar refractivity (Wildman–Crippen MR) is 178 cm³/mol. The maximum Gasteiger partial charge on any atom is 0.266 e. The Bertz CT molecular complexity index is 1670. The molecule has 0 aromatic heterocycles. The zero-order valence-electron chi connectivity index (χ0n) is 25.5. The third kappa shape index (κ3) is 7.57. The summed E-state index contributed by atoms with van der Waals surface area (Å²) in [6.07, 6.45) is -0.151. The topological polar surface area (TPSA) is 111 Å². The molecule has 1 heterocycles. The van der Waals surface area contributed by atoms with Gasteiger partial charge in [0.25, 0.3) is 5.91 Å². The van der Waals surface area contributed by atoms with Gasteiger partial charge in [0, 0.05) is 47.2 Å². The first-order chi connectivity index (χ1) is 22.4. The summed E-state index contributed by atoms with van der Waals surface area (Å²) < 4.78 is 23.0. The van der Waals surface area contributed by atoms with Crippen molar-refractivity contribution < 1.29 is 28.8 Å². The number of amides is 1. The number of benzene rings is 4. The molecule has 0 bridgehead atoms. The molecular formula is C35H35Cl2N3O6. The van der Waals surface area contributed by atoms with E-state index < -0.39 is 17.6 Å². The summed E-state index contributed by atoms with van der Waals surface area (Å²) in [4.78, 5) is 19.4. The second-order valence-corrected chi connectivity index (χ2v) is 11.5. The van der Waals surface area contributed by atoms with E-state index in [1.807, 2.05) is 54.6 Å². The van der Waals surface area contributed by atoms with Crippen LogP contribution in [0.1, 0.15) is 34.8 Å². The Morgan fingerprint density at radius 3 is 2.39 bits per heavy atom. The van der Waals surface area contributed by atoms with Crippen LogP contribution in [0.3, 0.4) is 0 Å². The van der Waals surface area contributed by atoms with Crippen molar-refractivity contribution in [1.82, 2.24) is 10.9 Å². The van der Waals surface area contributed by atoms with Gasteiger partial charge in [0.05, 0.1) is 20.8 Å². The van der Waals surface area contributed by atoms with Crippen LogP contribution in [0.4, 0.5) is 0 Å². The molecule has 4 aromatic carbocycles. The van der Waals surface area contributed by atoms with Gasteiger partial charge in [-0.1, -0.05) is 65.7 Å². The summed E-state index contributed by atoms with van der Waals surface area (Å²) in [6, 6.07) is 27.5. The molecule has 1 amide bonds. The number of halogens is 2. The van der Waals surface area contributed by atoms with E-state index in [4.69, 9.17) is 52.2 Å². The zero-order valence-corrected chi connectivity index (χ0v) is 27.0. The number of hydrogen-bond acceptors (Lipinski definition) is 8. The Labute approximate surface area is 278 Å². The van der Waals surface area contributed by atoms with Crippen LogP contribution in [0.5, 0.6) is 17.2 Å². The SMILES string of the molecule is COc1ccc(CNNC(=O)[C@@]2(Cc3ccccc3)N=C(c3ccc(OCCCO)cc3)O[C@H]2c2ccc(Cl)cc2Cl)cc1OC. The molecular weight excluding hydrogens is 629 g/mol. The number of nitrogens with one attached hydrogen (secondary N) is 2. The number of rotatable bonds is 14. The molecule has 1 aliphatic heterocycles. The Kier molecular flexibility index (Phi) is 11.0. The first-order valence-electron chi connectivity index (χ1n) is 14.7. The summed E-state index contributed by atoms with van der Waals surface area (Å²) in [7, 11) is 3.14. The number of aliphatic imine (C=N–C) groups is 1. The van der Waals surface area contributed by atoms with Gasteiger partial charge in [-0.25, -0.2) is 10.4 Å². The second-order valence-electron chi connectivity index (χ2n) is 10.6. The average Bonchev–Trinajstić information content (AvgIpc) is 3.45. The fourth-order valence-electron chi connectivity index (χ4n) is 5.21. The van der Waals surface area contributed by atoms with Crippen molar-refractivity contribution >= 4 is 35.0 Å². The van der Waals surface area contributed by atoms with Gasteiger partial charge < -0.3 is 24.1 Å². The molecule has 0 unspecified atom stereocenters. The van der Waals surface area contributed by atoms with E-state index in [0.717, 1.165) is 11.1 Å². The Balaban J connectivity index is 1.50. The smallest absolute Gasteiger partial charge is 0.266 e. The highest BCUT2D eigenvalue weighted by molar-refractivity contribution is 6.35. The van der Waals surface area contributed by atoms with Gasteiger partial charge in [0.15, 0.2) is 23.1 Å². The molecule has 3 N–H and O–H groups in total. The summed E-state index contributed by atoms with van der Waals surface area (Å²) in [5.41, 5.74) is 7.44. The monoisotopic (exact) mass is 663 g/mol. The van der Waals surface area contributed by atoms with Crippen LogP contribution in [-0.4, -0.2) is 49.9 Å². The third-order valence-corrected chi connectivity index (χ3v) is 8.10. The van der Waals surface area contributed by atoms with Crippen molar-refractivity contribution in [3.8, 4) is 17.2 Å². The molecule has 240 valence electrons. The zero-order chi connectivity index (χ0) is 32.5. The van der Waals surface area contributed by atoms with Crippen LogP contribution in [0.2, 0.25) is 10.0 Å². The number of methoxy groups -OCH3 is 2. The lowest BCUT2D eigenvalue weighted by molar-refractivity contribution is -0.130. The Morgan fingerprint density at radius 2 is 1.70 bits per heavy atom. The molecule has 11 heteroatoms. The minimum absolute atomic E-state index is 0.0477. The van der Waals surface area contributed by atoms with E-state index >= 15 is 0 Å². The molecule has 0 spiro atoms. The van der Waals surface area contributed by atoms with Crippen LogP contribution in [0.25, 0.3) is 0 Å². The molecule has 9 nitrogen and oxygen atoms in total. The summed E-state index contributed by atoms with van der Waals surface area (Å²) in [5.74, 6) is 1.69. The molecule has 0 radical (unpaired) electrons. The van der Waals surface area contributed by atoms with Crippen molar-refractivity contribution in [3.63, 3.8) is 0 Å². The molecule has 46 heavy (non-hydrogen) atoms. The lowest BCUT2D eigenvalue weighted by Gasteiger charge is -2.31. The van der Waals surface area contributed by atoms with Gasteiger partial charge in [-0.15, -0.1) is 0 Å². The number of ether oxygens (including phenoxy) is 4. The van der Waals surface area contributed by atoms with Crippen LogP contribution in [-0.2, 0) is 22.5 Å². The standard InChI is InChI=1S/C35H35Cl2N3O6/c1-43-30-16-9-24(19-31(30)44-2)22-38-40-34(42)35(21-23-7-4-3-5-8-23)32(28-15-12-26(36)20-29(28)37)46-33(39-35)25-10-13-27(14-11-25)45-18-6-17-41/h3-5,7-16,19-20,32,38,41H,6,17-18,21-22H2,1-2H3,(H,40,42)/t32-,35-/m0/s1. The van der Waals surface area contributed by atoms with E-state index in [0.29, 0.717) is 58.0 Å². The maximum absolute atomic E-state index is 14.4. The molecule has 1 aliphatic rings. The quantitative estimate of drug-likeness (QED) is 0.111. The van der Waals surface area contributed by atoms with E-state index in [-0.39, 0.29) is 18.9 Å². The molecule has 2 atom stereocenters. The normalized spacial score (nSPS) is 17.2. The molecule has 0 saturated heterocycles. The highest BCUT2D eigenvalue weighted by Gasteiger charge is 2.54. The average molecular weight is 665 g/mol. The molecule has 5 rings (SSSR count). The van der Waals surface area contributed by atoms with Crippen molar-refractivity contribution in [2.45, 2.75) is 31.0 Å². The van der Waals surface area contributed by atoms with Gasteiger partial charge in [0.2, 0.25) is 5.90 Å². The van der Waals surface area contributed by atoms with Crippen LogP contribution >= 0.6 is 23.2 Å². The summed E-state index contributed by atoms with van der Waals surface area (Å²) >= 11 is 13.0. The third-order valence-electron chi connectivity index (χ3n) is 7.53. The predicted octanol–water partition coefficient (Wildman–Crippen LogP) is 6.09. The summed E-state index contributed by atoms with van der Waals surface area (Å²) in [6.45, 7) is 0.738. The Hall–Kier alpha value is -4.28. The van der Waals surface area contributed by atoms with Gasteiger partial charge in [-0.3, -0.25) is 10.2 Å². The Morgan fingerprint density at radius 1 is 0.935 bits per heavy atom. The van der Waals surface area contributed by atoms with Crippen LogP contribution in [0, 0.1) is 0 Å². The maximum atomic E-state index is 14.4. The van der Waals surface area contributed by atoms with Gasteiger partial charge in [-0.05, 0) is 59.7 Å². The fraction of sp³-hybridized carbons (Fsp3) is 0.257. The molecule has 0 aliphatic carbocycles. The van der Waals surface area contributed by atoms with Crippen LogP contribution < -0.4 is 25.1 Å². The van der Waals surface area contributed by atoms with Gasteiger partial charge in [-0.2, -0.15) is 0 Å². The van der Waals surface area contributed by atoms with E-state index in [1.54, 1.807) is 50.6 Å². The van der Waals surface area contributed by atoms with E-state index in [1.165, 1.54) is 0 Å². The largest absolute Gasteiger partial charge is 0.494 e. The van der Waals surface area contributed by atoms with Crippen LogP contribution in [0.15, 0.2) is 96.0 Å². The number of hydrogen-bond donors (Lipinski definition) is 3. The first kappa shape index (κ1) is 33.1. The fourth-order valence-corrected chi connectivity index (χ4v) is 5.71. The molecule has 4 aromatic rings. The number of carbonyl (C=O) groups excluding carboxylic acids is 1. The highest BCUT2D eigenvalue weighted by Crippen LogP contribution is 2.45. The van der Waals surface area contributed by atoms with E-state index in [2.05, 4.69) is 10.9 Å². The van der Waals surface area contributed by atoms with Crippen molar-refractivity contribution in [2.75, 3.05) is 27.4 Å². The molecule has 0 saturated carbocycles. The number of hydrazine groups is 1. The van der Waals surface area contributed by atoms with Crippen molar-refractivity contribution in [2.24, 2.45) is 4.99 Å². The summed E-state index contributed by atoms with van der Waals surface area (Å²) in [5, 5.41) is 9.87. The van der Waals surface area contributed by atoms with Gasteiger partial charge in [0.1, 0.15) is 5.75 Å². The molecule has 0 fully saturated rings. The lowest BCUT2D eigenvalue weighted by atomic mass is 9.82. The van der Waals surface area contributed by atoms with E-state index in [9.17, 15) is 4.79 Å². The number of nitrogens with zero attached hydrogens (tertiary/aromatic N) is 1. The van der Waals surface area contributed by atoms with Crippen molar-refractivity contribution in [3.05, 3.63) is 123 Å². The minimum atomic E-state index is -1.46. The number of aliphatic hydroxyl groups excluding tert-OH is 1. The number of carbonyl (C=O) groups is 1. The van der Waals surface area contributed by atoms with Crippen molar-refractivity contribution in [1.29, 1.82) is 0 Å². The number of aliphatic hydroxyl groups is 1. The minimum Gasteiger partial charge on any atom is -0.494 e. The van der Waals surface area contributed by atoms with Gasteiger partial charge >= 0.3 is 0 Å². The lowest BCUT2D eigenvalue weighted by Crippen LogP contribution is -2.53. The first-order valence-corrected chi connectivity index (χ1v) is 15.5. The second kappa shape index (κ2) is 15.3. The highest BCUT2D eigenvalue weighted by atomic mass is 35.5.